The number of nitrogens with zero attached hydrogens (tertiary/aromatic N) is 2. The van der Waals surface area contributed by atoms with E-state index in [0.717, 1.165) is 17.7 Å². The van der Waals surface area contributed by atoms with Crippen LogP contribution in [0.5, 0.6) is 5.75 Å². The number of amides is 1. The Hall–Kier alpha value is -3.27. The Kier molecular flexibility index (Phi) is 6.20. The molecule has 1 amide bonds. The van der Waals surface area contributed by atoms with Crippen LogP contribution in [-0.4, -0.2) is 34.2 Å². The lowest BCUT2D eigenvalue weighted by atomic mass is 9.86. The van der Waals surface area contributed by atoms with Gasteiger partial charge in [-0.25, -0.2) is 0 Å². The van der Waals surface area contributed by atoms with Gasteiger partial charge in [0.15, 0.2) is 10.3 Å². The maximum absolute atomic E-state index is 12.8. The number of benzene rings is 1. The third-order valence-electron chi connectivity index (χ3n) is 5.76. The largest absolute Gasteiger partial charge is 0.505 e. The van der Waals surface area contributed by atoms with Crippen molar-refractivity contribution in [3.05, 3.63) is 50.6 Å². The number of H-pyrrole nitrogens is 1. The number of hydrogen-bond acceptors (Lipinski definition) is 7. The molecule has 4 N–H and O–H groups in total. The zero-order valence-corrected chi connectivity index (χ0v) is 20.1. The predicted octanol–water partition coefficient (Wildman–Crippen LogP) is 4.78. The highest BCUT2D eigenvalue weighted by atomic mass is 32.1. The number of aromatic amines is 1. The Labute approximate surface area is 196 Å². The minimum absolute atomic E-state index is 0.150. The second-order valence-electron chi connectivity index (χ2n) is 9.39. The summed E-state index contributed by atoms with van der Waals surface area (Å²) in [6.45, 7) is 9.68. The van der Waals surface area contributed by atoms with Crippen molar-refractivity contribution in [2.45, 2.75) is 46.6 Å². The summed E-state index contributed by atoms with van der Waals surface area (Å²) in [6, 6.07) is 8.86. The molecule has 9 nitrogen and oxygen atoms in total. The van der Waals surface area contributed by atoms with Gasteiger partial charge in [-0.05, 0) is 48.9 Å². The highest BCUT2D eigenvalue weighted by Crippen LogP contribution is 2.40. The molecule has 0 unspecified atom stereocenters. The Morgan fingerprint density at radius 2 is 1.97 bits per heavy atom. The highest BCUT2D eigenvalue weighted by Gasteiger charge is 2.34. The van der Waals surface area contributed by atoms with Crippen LogP contribution in [0.2, 0.25) is 0 Å². The van der Waals surface area contributed by atoms with Crippen LogP contribution in [0.4, 0.5) is 17.3 Å². The first-order valence-corrected chi connectivity index (χ1v) is 11.8. The fourth-order valence-corrected chi connectivity index (χ4v) is 5.16. The van der Waals surface area contributed by atoms with Crippen molar-refractivity contribution in [3.63, 3.8) is 0 Å². The summed E-state index contributed by atoms with van der Waals surface area (Å²) >= 11 is 1.66. The summed E-state index contributed by atoms with van der Waals surface area (Å²) in [6.07, 6.45) is 1.93. The van der Waals surface area contributed by atoms with Crippen LogP contribution < -0.4 is 15.2 Å². The smallest absolute Gasteiger partial charge is 0.367 e. The number of phenols is 1. The van der Waals surface area contributed by atoms with Crippen LogP contribution in [0.3, 0.4) is 0 Å². The first kappa shape index (κ1) is 22.9. The van der Waals surface area contributed by atoms with E-state index >= 15 is 0 Å². The SMILES string of the molecule is Cc1ccc([C@H](Nc2c(Nc3cccc(C(=O)N4CCCC4)c3O)[nH]o[n+]2=O)C(C)(C)C)s1. The number of aryl methyl sites for hydroxylation is 1. The Bertz CT molecular complexity index is 1200. The fraction of sp³-hybridized carbons (Fsp3) is 0.435. The minimum atomic E-state index is -0.206. The number of carbonyl (C=O) groups is 1. The topological polar surface area (TPSA) is 116 Å². The lowest BCUT2D eigenvalue weighted by Gasteiger charge is -2.27. The van der Waals surface area contributed by atoms with Crippen LogP contribution in [-0.2, 0) is 0 Å². The number of hydrogen-bond donors (Lipinski definition) is 4. The molecule has 1 saturated heterocycles. The number of phenolic OH excluding ortho intramolecular Hbond substituents is 1. The van der Waals surface area contributed by atoms with Gasteiger partial charge in [0.1, 0.15) is 6.04 Å². The van der Waals surface area contributed by atoms with Gasteiger partial charge >= 0.3 is 5.82 Å². The zero-order chi connectivity index (χ0) is 23.8. The molecule has 1 aliphatic rings. The Morgan fingerprint density at radius 1 is 1.24 bits per heavy atom. The molecule has 1 aliphatic heterocycles. The number of para-hydroxylation sites is 1. The van der Waals surface area contributed by atoms with Gasteiger partial charge in [0.05, 0.1) is 11.3 Å². The molecular weight excluding hydrogens is 442 g/mol. The van der Waals surface area contributed by atoms with Crippen molar-refractivity contribution in [1.29, 1.82) is 0 Å². The standard InChI is InChI=1S/C23H29N5O4S/c1-14-10-11-17(33-14)19(23(2,3)4)25-21-20(26-32-28(21)31)24-16-9-7-8-15(18(16)29)22(30)27-12-5-6-13-27/h7-11,19H,5-6,12-13H2,1-4H3,(H3-,24,25,26,29,30,31)/p+1/t19-/m0/s1. The van der Waals surface area contributed by atoms with Crippen molar-refractivity contribution in [2.75, 3.05) is 23.7 Å². The maximum Gasteiger partial charge on any atom is 0.367 e. The van der Waals surface area contributed by atoms with E-state index in [4.69, 9.17) is 4.63 Å². The Morgan fingerprint density at radius 3 is 2.61 bits per heavy atom. The second kappa shape index (κ2) is 8.93. The molecule has 1 fully saturated rings. The maximum atomic E-state index is 12.8. The molecule has 0 bridgehead atoms. The number of anilines is 3. The van der Waals surface area contributed by atoms with Crippen molar-refractivity contribution >= 4 is 34.6 Å². The van der Waals surface area contributed by atoms with E-state index in [-0.39, 0.29) is 40.3 Å². The van der Waals surface area contributed by atoms with Gasteiger partial charge in [-0.3, -0.25) is 10.1 Å². The van der Waals surface area contributed by atoms with Gasteiger partial charge < -0.3 is 15.3 Å². The summed E-state index contributed by atoms with van der Waals surface area (Å²) in [4.78, 5) is 29.3. The summed E-state index contributed by atoms with van der Waals surface area (Å²) in [7, 11) is 0. The number of thiophene rings is 1. The number of aromatic nitrogens is 2. The normalized spacial score (nSPS) is 15.0. The van der Waals surface area contributed by atoms with Crippen LogP contribution in [0.25, 0.3) is 0 Å². The number of rotatable bonds is 6. The van der Waals surface area contributed by atoms with Gasteiger partial charge in [0.25, 0.3) is 11.7 Å². The van der Waals surface area contributed by atoms with Gasteiger partial charge in [0, 0.05) is 28.3 Å². The lowest BCUT2D eigenvalue weighted by molar-refractivity contribution is -0.701. The van der Waals surface area contributed by atoms with E-state index in [1.807, 2.05) is 19.1 Å². The van der Waals surface area contributed by atoms with Crippen LogP contribution in [0.1, 0.15) is 59.8 Å². The molecule has 1 atom stereocenters. The first-order chi connectivity index (χ1) is 15.6. The molecule has 0 spiro atoms. The summed E-state index contributed by atoms with van der Waals surface area (Å²) < 4.78 is 5.34. The summed E-state index contributed by atoms with van der Waals surface area (Å²) in [5, 5.41) is 19.7. The van der Waals surface area contributed by atoms with Crippen molar-refractivity contribution in [2.24, 2.45) is 5.41 Å². The average molecular weight is 473 g/mol. The predicted molar refractivity (Wildman–Crippen MR) is 128 cm³/mol. The van der Waals surface area contributed by atoms with Crippen molar-refractivity contribution < 1.29 is 19.1 Å². The van der Waals surface area contributed by atoms with Crippen LogP contribution in [0, 0.1) is 17.2 Å². The Balaban J connectivity index is 1.63. The van der Waals surface area contributed by atoms with Gasteiger partial charge in [0.2, 0.25) is 0 Å². The van der Waals surface area contributed by atoms with Crippen LogP contribution in [0.15, 0.2) is 35.0 Å². The number of likely N-dealkylation sites (tertiary alicyclic amines) is 1. The molecule has 0 aliphatic carbocycles. The van der Waals surface area contributed by atoms with E-state index in [1.165, 1.54) is 4.88 Å². The molecule has 4 rings (SSSR count). The van der Waals surface area contributed by atoms with Gasteiger partial charge in [-0.2, -0.15) is 0 Å². The van der Waals surface area contributed by atoms with E-state index < -0.39 is 0 Å². The fourth-order valence-electron chi connectivity index (χ4n) is 3.98. The van der Waals surface area contributed by atoms with Gasteiger partial charge in [-0.15, -0.1) is 16.0 Å². The van der Waals surface area contributed by atoms with Crippen LogP contribution >= 0.6 is 11.3 Å². The number of carbonyl (C=O) groups excluding carboxylic acids is 1. The molecule has 176 valence electrons. The monoisotopic (exact) mass is 472 g/mol. The number of nitrogens with one attached hydrogen (secondary N) is 3. The summed E-state index contributed by atoms with van der Waals surface area (Å²) in [5.74, 6) is 0.0156. The van der Waals surface area contributed by atoms with E-state index in [1.54, 1.807) is 34.4 Å². The molecule has 0 saturated carbocycles. The average Bonchev–Trinajstić information content (AvgIpc) is 3.49. The molecule has 10 heteroatoms. The minimum Gasteiger partial charge on any atom is -0.505 e. The van der Waals surface area contributed by atoms with E-state index in [2.05, 4.69) is 36.6 Å². The number of aromatic hydroxyl groups is 1. The third kappa shape index (κ3) is 4.75. The molecule has 1 aromatic carbocycles. The molecule has 0 radical (unpaired) electrons. The third-order valence-corrected chi connectivity index (χ3v) is 6.83. The quantitative estimate of drug-likeness (QED) is 0.384. The lowest BCUT2D eigenvalue weighted by Crippen LogP contribution is -2.29. The van der Waals surface area contributed by atoms with Crippen molar-refractivity contribution in [3.8, 4) is 5.75 Å². The van der Waals surface area contributed by atoms with E-state index in [9.17, 15) is 14.8 Å². The van der Waals surface area contributed by atoms with Gasteiger partial charge in [-0.1, -0.05) is 32.0 Å². The zero-order valence-electron chi connectivity index (χ0n) is 19.3. The molecule has 2 aromatic heterocycles. The molecule has 3 heterocycles. The second-order valence-corrected chi connectivity index (χ2v) is 10.7. The molecule has 33 heavy (non-hydrogen) atoms. The molecule has 3 aromatic rings. The highest BCUT2D eigenvalue weighted by molar-refractivity contribution is 7.12. The first-order valence-electron chi connectivity index (χ1n) is 11.0. The van der Waals surface area contributed by atoms with Crippen molar-refractivity contribution in [1.82, 2.24) is 10.1 Å². The molecular formula is C23H30N5O4S+. The summed E-state index contributed by atoms with van der Waals surface area (Å²) in [5.41, 5.74) is 0.305. The van der Waals surface area contributed by atoms with E-state index in [0.29, 0.717) is 23.4 Å².